The van der Waals surface area contributed by atoms with Crippen LogP contribution < -0.4 is 5.32 Å². The van der Waals surface area contributed by atoms with Gasteiger partial charge in [0, 0.05) is 19.5 Å². The molecule has 2 heterocycles. The Hall–Kier alpha value is -5.20. The molecule has 0 aromatic heterocycles. The zero-order valence-electron chi connectivity index (χ0n) is 23.7. The van der Waals surface area contributed by atoms with Crippen LogP contribution in [0.15, 0.2) is 103 Å². The highest BCUT2D eigenvalue weighted by Crippen LogP contribution is 2.31. The Morgan fingerprint density at radius 1 is 0.884 bits per heavy atom. The van der Waals surface area contributed by atoms with Crippen LogP contribution in [-0.2, 0) is 29.1 Å². The van der Waals surface area contributed by atoms with Crippen LogP contribution in [0, 0.1) is 11.3 Å². The van der Waals surface area contributed by atoms with Crippen molar-refractivity contribution in [2.24, 2.45) is 0 Å². The Morgan fingerprint density at radius 2 is 1.56 bits per heavy atom. The summed E-state index contributed by atoms with van der Waals surface area (Å²) in [7, 11) is 0. The number of fused-ring (bicyclic) bond motifs is 2. The Balaban J connectivity index is 1.31. The summed E-state index contributed by atoms with van der Waals surface area (Å²) in [6.45, 7) is 0.494. The van der Waals surface area contributed by atoms with Gasteiger partial charge in [0.05, 0.1) is 19.2 Å². The van der Waals surface area contributed by atoms with Gasteiger partial charge in [-0.1, -0.05) is 103 Å². The number of carbonyl (C=O) groups excluding carboxylic acids is 3. The first kappa shape index (κ1) is 27.9. The minimum Gasteiger partial charge on any atom is -0.333 e. The number of hydrogen-bond acceptors (Lipinski definition) is 5. The average molecular weight is 573 g/mol. The third-order valence-electron chi connectivity index (χ3n) is 8.13. The maximum Gasteiger partial charge on any atom is 0.333 e. The zero-order chi connectivity index (χ0) is 29.8. The van der Waals surface area contributed by atoms with Crippen molar-refractivity contribution in [2.75, 3.05) is 19.6 Å². The lowest BCUT2D eigenvalue weighted by Gasteiger charge is -2.46. The van der Waals surface area contributed by atoms with Crippen LogP contribution in [0.3, 0.4) is 0 Å². The number of nitrogens with one attached hydrogen (secondary N) is 1. The molecule has 1 N–H and O–H groups in total. The van der Waals surface area contributed by atoms with Crippen LogP contribution in [0.25, 0.3) is 10.8 Å². The van der Waals surface area contributed by atoms with E-state index in [-0.39, 0.29) is 38.0 Å². The second-order valence-electron chi connectivity index (χ2n) is 10.8. The topological polar surface area (TPSA) is 100.0 Å². The highest BCUT2D eigenvalue weighted by Gasteiger charge is 2.52. The molecular weight excluding hydrogens is 540 g/mol. The van der Waals surface area contributed by atoms with E-state index >= 15 is 0 Å². The highest BCUT2D eigenvalue weighted by molar-refractivity contribution is 5.92. The molecule has 0 spiro atoms. The van der Waals surface area contributed by atoms with Crippen LogP contribution in [0.4, 0.5) is 4.79 Å². The van der Waals surface area contributed by atoms with Gasteiger partial charge in [-0.25, -0.2) is 9.80 Å². The second kappa shape index (κ2) is 12.3. The molecular formula is C34H32N6O3. The van der Waals surface area contributed by atoms with E-state index in [1.807, 2.05) is 103 Å². The molecule has 43 heavy (non-hydrogen) atoms. The van der Waals surface area contributed by atoms with Gasteiger partial charge in [-0.15, -0.1) is 0 Å². The number of nitriles is 1. The number of hydrazine groups is 1. The first-order valence-electron chi connectivity index (χ1n) is 14.4. The maximum absolute atomic E-state index is 14.1. The highest BCUT2D eigenvalue weighted by atomic mass is 16.2. The Bertz CT molecular complexity index is 1670. The number of urea groups is 1. The minimum atomic E-state index is -0.745. The molecule has 0 radical (unpaired) electrons. The van der Waals surface area contributed by atoms with E-state index in [0.717, 1.165) is 27.5 Å². The van der Waals surface area contributed by atoms with Crippen LogP contribution in [0.2, 0.25) is 0 Å². The summed E-state index contributed by atoms with van der Waals surface area (Å²) in [6.07, 6.45) is -0.259. The molecule has 2 fully saturated rings. The molecule has 2 aliphatic rings. The van der Waals surface area contributed by atoms with Gasteiger partial charge in [0.15, 0.2) is 0 Å². The zero-order valence-corrected chi connectivity index (χ0v) is 23.7. The van der Waals surface area contributed by atoms with Crippen molar-refractivity contribution in [2.45, 2.75) is 31.7 Å². The molecule has 0 unspecified atom stereocenters. The Morgan fingerprint density at radius 3 is 2.30 bits per heavy atom. The summed E-state index contributed by atoms with van der Waals surface area (Å²) in [5.41, 5.74) is 2.86. The summed E-state index contributed by atoms with van der Waals surface area (Å²) in [5.74, 6) is -0.383. The van der Waals surface area contributed by atoms with Crippen molar-refractivity contribution in [1.29, 1.82) is 5.26 Å². The molecule has 0 aliphatic carbocycles. The smallest absolute Gasteiger partial charge is 0.333 e. The van der Waals surface area contributed by atoms with Crippen LogP contribution in [0.5, 0.6) is 0 Å². The predicted octanol–water partition coefficient (Wildman–Crippen LogP) is 3.91. The molecule has 2 saturated heterocycles. The Labute approximate surface area is 250 Å². The van der Waals surface area contributed by atoms with Crippen LogP contribution in [0.1, 0.15) is 16.7 Å². The first-order valence-corrected chi connectivity index (χ1v) is 14.4. The molecule has 4 amide bonds. The van der Waals surface area contributed by atoms with Gasteiger partial charge >= 0.3 is 6.03 Å². The number of carbonyl (C=O) groups is 3. The maximum atomic E-state index is 14.1. The molecule has 216 valence electrons. The fraction of sp³-hybridized carbons (Fsp3) is 0.235. The summed E-state index contributed by atoms with van der Waals surface area (Å²) in [4.78, 5) is 44.6. The number of hydrogen-bond donors (Lipinski definition) is 1. The lowest BCUT2D eigenvalue weighted by molar-refractivity contribution is -0.157. The Kier molecular flexibility index (Phi) is 8.03. The lowest BCUT2D eigenvalue weighted by Crippen LogP contribution is -2.66. The van der Waals surface area contributed by atoms with E-state index in [2.05, 4.69) is 11.4 Å². The standard InChI is InChI=1S/C34H32N6O3/c35-18-19-38(34(43)36-21-26-12-5-2-6-13-26)39-24-32(41)40-30(20-25-10-3-1-4-11-25)33(42)37(23-31(39)40)22-28-16-9-15-27-14-7-8-17-29(27)28/h1-17,30-31H,19-24H2,(H,36,43)/t30-,31+/m0/s1. The summed E-state index contributed by atoms with van der Waals surface area (Å²) < 4.78 is 0. The van der Waals surface area contributed by atoms with Crippen molar-refractivity contribution in [3.63, 3.8) is 0 Å². The van der Waals surface area contributed by atoms with Gasteiger partial charge in [0.1, 0.15) is 18.8 Å². The second-order valence-corrected chi connectivity index (χ2v) is 10.8. The van der Waals surface area contributed by atoms with Crippen LogP contribution >= 0.6 is 0 Å². The van der Waals surface area contributed by atoms with Crippen molar-refractivity contribution in [1.82, 2.24) is 25.1 Å². The predicted molar refractivity (Wildman–Crippen MR) is 162 cm³/mol. The number of benzene rings is 4. The third-order valence-corrected chi connectivity index (χ3v) is 8.13. The largest absolute Gasteiger partial charge is 0.333 e. The molecule has 9 nitrogen and oxygen atoms in total. The summed E-state index contributed by atoms with van der Waals surface area (Å²) >= 11 is 0. The minimum absolute atomic E-state index is 0.105. The molecule has 0 saturated carbocycles. The number of piperazine rings is 1. The van der Waals surface area contributed by atoms with Crippen molar-refractivity contribution >= 4 is 28.6 Å². The van der Waals surface area contributed by atoms with Gasteiger partial charge in [0.25, 0.3) is 0 Å². The molecule has 9 heteroatoms. The first-order chi connectivity index (χ1) is 21.0. The molecule has 2 aliphatic heterocycles. The fourth-order valence-electron chi connectivity index (χ4n) is 6.07. The van der Waals surface area contributed by atoms with Gasteiger partial charge in [-0.3, -0.25) is 9.59 Å². The molecule has 4 aromatic rings. The van der Waals surface area contributed by atoms with Gasteiger partial charge in [0.2, 0.25) is 11.8 Å². The van der Waals surface area contributed by atoms with E-state index in [1.54, 1.807) is 14.8 Å². The quantitative estimate of drug-likeness (QED) is 0.323. The normalized spacial score (nSPS) is 18.4. The van der Waals surface area contributed by atoms with Crippen molar-refractivity contribution in [3.8, 4) is 6.07 Å². The monoisotopic (exact) mass is 572 g/mol. The third kappa shape index (κ3) is 5.78. The van der Waals surface area contributed by atoms with E-state index in [9.17, 15) is 19.6 Å². The lowest BCUT2D eigenvalue weighted by atomic mass is 9.99. The fourth-order valence-corrected chi connectivity index (χ4v) is 6.07. The number of nitrogens with zero attached hydrogens (tertiary/aromatic N) is 5. The molecule has 4 aromatic carbocycles. The average Bonchev–Trinajstić information content (AvgIpc) is 3.36. The van der Waals surface area contributed by atoms with E-state index in [1.165, 1.54) is 5.01 Å². The van der Waals surface area contributed by atoms with Gasteiger partial charge in [-0.2, -0.15) is 10.3 Å². The summed E-state index contributed by atoms with van der Waals surface area (Å²) in [6, 6.07) is 34.1. The van der Waals surface area contributed by atoms with E-state index in [4.69, 9.17) is 0 Å². The van der Waals surface area contributed by atoms with Gasteiger partial charge in [-0.05, 0) is 27.5 Å². The number of rotatable bonds is 8. The van der Waals surface area contributed by atoms with E-state index in [0.29, 0.717) is 13.0 Å². The molecule has 2 atom stereocenters. The van der Waals surface area contributed by atoms with E-state index < -0.39 is 18.2 Å². The van der Waals surface area contributed by atoms with Crippen molar-refractivity contribution in [3.05, 3.63) is 120 Å². The van der Waals surface area contributed by atoms with Gasteiger partial charge < -0.3 is 15.1 Å². The number of amides is 4. The summed E-state index contributed by atoms with van der Waals surface area (Å²) in [5, 5.41) is 17.6. The van der Waals surface area contributed by atoms with Crippen LogP contribution in [-0.4, -0.2) is 69.5 Å². The molecule has 6 rings (SSSR count). The van der Waals surface area contributed by atoms with Crippen molar-refractivity contribution < 1.29 is 14.4 Å². The molecule has 0 bridgehead atoms. The SMILES string of the molecule is N#CCN(C(=O)NCc1ccccc1)N1CC(=O)N2[C@@H](Cc3ccccc3)C(=O)N(Cc3cccc4ccccc34)C[C@@H]21.